The molecule has 0 saturated carbocycles. The summed E-state index contributed by atoms with van der Waals surface area (Å²) in [5.41, 5.74) is 1.75. The number of nitrogens with zero attached hydrogens (tertiary/aromatic N) is 3. The van der Waals surface area contributed by atoms with Crippen molar-refractivity contribution in [2.24, 2.45) is 0 Å². The molecule has 0 atom stereocenters. The van der Waals surface area contributed by atoms with Crippen LogP contribution < -0.4 is 10.9 Å². The molecule has 0 bridgehead atoms. The molecule has 32 heavy (non-hydrogen) atoms. The van der Waals surface area contributed by atoms with Crippen LogP contribution in [0.1, 0.15) is 49.2 Å². The van der Waals surface area contributed by atoms with Crippen LogP contribution in [-0.2, 0) is 17.8 Å². The van der Waals surface area contributed by atoms with Crippen LogP contribution in [0.5, 0.6) is 0 Å². The number of hydrogen-bond acceptors (Lipinski definition) is 4. The number of aromatic nitrogens is 2. The maximum Gasteiger partial charge on any atom is 0.275 e. The molecule has 2 amide bonds. The van der Waals surface area contributed by atoms with Crippen molar-refractivity contribution in [3.63, 3.8) is 0 Å². The Morgan fingerprint density at radius 1 is 1.00 bits per heavy atom. The van der Waals surface area contributed by atoms with Crippen LogP contribution in [0.3, 0.4) is 0 Å². The van der Waals surface area contributed by atoms with E-state index in [9.17, 15) is 14.4 Å². The van der Waals surface area contributed by atoms with E-state index in [1.54, 1.807) is 31.3 Å². The van der Waals surface area contributed by atoms with Gasteiger partial charge in [-0.15, -0.1) is 0 Å². The van der Waals surface area contributed by atoms with Gasteiger partial charge in [0.15, 0.2) is 5.69 Å². The quantitative estimate of drug-likeness (QED) is 0.518. The summed E-state index contributed by atoms with van der Waals surface area (Å²) in [6.07, 6.45) is 3.60. The van der Waals surface area contributed by atoms with E-state index in [4.69, 9.17) is 0 Å². The van der Waals surface area contributed by atoms with Crippen molar-refractivity contribution in [2.75, 3.05) is 18.9 Å². The fourth-order valence-corrected chi connectivity index (χ4v) is 3.66. The zero-order chi connectivity index (χ0) is 23.1. The summed E-state index contributed by atoms with van der Waals surface area (Å²) in [6.45, 7) is 4.44. The Morgan fingerprint density at radius 3 is 2.41 bits per heavy atom. The van der Waals surface area contributed by atoms with E-state index in [1.165, 1.54) is 9.58 Å². The van der Waals surface area contributed by atoms with Gasteiger partial charge in [-0.3, -0.25) is 14.4 Å². The zero-order valence-corrected chi connectivity index (χ0v) is 18.9. The van der Waals surface area contributed by atoms with E-state index >= 15 is 0 Å². The highest BCUT2D eigenvalue weighted by Gasteiger charge is 2.21. The predicted molar refractivity (Wildman–Crippen MR) is 127 cm³/mol. The molecule has 7 heteroatoms. The smallest absolute Gasteiger partial charge is 0.275 e. The average molecular weight is 435 g/mol. The standard InChI is InChI=1S/C25H30N4O3/c1-4-6-11-16-29-24(31)20-14-9-8-13-19(20)23(27-29)25(32)28(3)17-22(30)26-21-15-10-7-12-18(21)5-2/h7-10,12-15H,4-6,11,16-17H2,1-3H3,(H,26,30). The molecule has 1 aromatic heterocycles. The molecule has 0 unspecified atom stereocenters. The van der Waals surface area contributed by atoms with Gasteiger partial charge >= 0.3 is 0 Å². The minimum absolute atomic E-state index is 0.123. The van der Waals surface area contributed by atoms with E-state index in [0.29, 0.717) is 17.3 Å². The number of aryl methyl sites for hydroxylation is 2. The molecule has 168 valence electrons. The number of carbonyl (C=O) groups excluding carboxylic acids is 2. The molecule has 1 N–H and O–H groups in total. The number of hydrogen-bond donors (Lipinski definition) is 1. The first-order valence-corrected chi connectivity index (χ1v) is 11.1. The molecule has 0 spiro atoms. The number of para-hydroxylation sites is 1. The van der Waals surface area contributed by atoms with Gasteiger partial charge < -0.3 is 10.2 Å². The first-order valence-electron chi connectivity index (χ1n) is 11.1. The van der Waals surface area contributed by atoms with Crippen LogP contribution in [0.2, 0.25) is 0 Å². The predicted octanol–water partition coefficient (Wildman–Crippen LogP) is 3.86. The Kier molecular flexibility index (Phi) is 7.76. The number of fused-ring (bicyclic) bond motifs is 1. The Balaban J connectivity index is 1.84. The molecule has 3 rings (SSSR count). The summed E-state index contributed by atoms with van der Waals surface area (Å²) >= 11 is 0. The third-order valence-corrected chi connectivity index (χ3v) is 5.44. The third-order valence-electron chi connectivity index (χ3n) is 5.44. The van der Waals surface area contributed by atoms with E-state index in [-0.39, 0.29) is 23.7 Å². The Labute approximate surface area is 188 Å². The summed E-state index contributed by atoms with van der Waals surface area (Å²) in [7, 11) is 1.57. The largest absolute Gasteiger partial charge is 0.331 e. The van der Waals surface area contributed by atoms with Crippen molar-refractivity contribution in [3.8, 4) is 0 Å². The van der Waals surface area contributed by atoms with E-state index in [0.717, 1.165) is 36.9 Å². The molecular formula is C25H30N4O3. The first kappa shape index (κ1) is 23.2. The molecule has 0 fully saturated rings. The highest BCUT2D eigenvalue weighted by atomic mass is 16.2. The second-order valence-corrected chi connectivity index (χ2v) is 7.85. The fourth-order valence-electron chi connectivity index (χ4n) is 3.66. The molecule has 2 aromatic carbocycles. The van der Waals surface area contributed by atoms with E-state index < -0.39 is 5.91 Å². The zero-order valence-electron chi connectivity index (χ0n) is 18.9. The van der Waals surface area contributed by atoms with E-state index in [2.05, 4.69) is 17.3 Å². The monoisotopic (exact) mass is 434 g/mol. The summed E-state index contributed by atoms with van der Waals surface area (Å²) in [5.74, 6) is -0.688. The first-order chi connectivity index (χ1) is 15.5. The maximum atomic E-state index is 13.2. The van der Waals surface area contributed by atoms with Gasteiger partial charge in [-0.25, -0.2) is 4.68 Å². The van der Waals surface area contributed by atoms with Crippen molar-refractivity contribution < 1.29 is 9.59 Å². The van der Waals surface area contributed by atoms with Gasteiger partial charge in [-0.05, 0) is 30.5 Å². The molecular weight excluding hydrogens is 404 g/mol. The number of carbonyl (C=O) groups is 2. The summed E-state index contributed by atoms with van der Waals surface area (Å²) < 4.78 is 1.37. The van der Waals surface area contributed by atoms with E-state index in [1.807, 2.05) is 31.2 Å². The fraction of sp³-hybridized carbons (Fsp3) is 0.360. The normalized spacial score (nSPS) is 10.8. The van der Waals surface area contributed by atoms with Crippen molar-refractivity contribution in [3.05, 3.63) is 70.1 Å². The van der Waals surface area contributed by atoms with Crippen molar-refractivity contribution in [1.29, 1.82) is 0 Å². The maximum absolute atomic E-state index is 13.2. The molecule has 7 nitrogen and oxygen atoms in total. The van der Waals surface area contributed by atoms with Crippen molar-refractivity contribution in [1.82, 2.24) is 14.7 Å². The van der Waals surface area contributed by atoms with Crippen LogP contribution in [0.25, 0.3) is 10.8 Å². The number of amides is 2. The lowest BCUT2D eigenvalue weighted by Crippen LogP contribution is -2.37. The van der Waals surface area contributed by atoms with Crippen LogP contribution >= 0.6 is 0 Å². The number of likely N-dealkylation sites (N-methyl/N-ethyl adjacent to an activating group) is 1. The number of anilines is 1. The van der Waals surface area contributed by atoms with Gasteiger partial charge in [0.25, 0.3) is 11.5 Å². The summed E-state index contributed by atoms with van der Waals surface area (Å²) in [5, 5.41) is 8.23. The average Bonchev–Trinajstić information content (AvgIpc) is 2.80. The van der Waals surface area contributed by atoms with Gasteiger partial charge in [0, 0.05) is 24.7 Å². The second-order valence-electron chi connectivity index (χ2n) is 7.85. The second kappa shape index (κ2) is 10.7. The Bertz CT molecular complexity index is 1170. The van der Waals surface area contributed by atoms with Crippen LogP contribution in [0.4, 0.5) is 5.69 Å². The SMILES string of the molecule is CCCCCn1nc(C(=O)N(C)CC(=O)Nc2ccccc2CC)c2ccccc2c1=O. The molecule has 0 aliphatic carbocycles. The Morgan fingerprint density at radius 2 is 1.69 bits per heavy atom. The number of unbranched alkanes of at least 4 members (excludes halogenated alkanes) is 2. The number of rotatable bonds is 9. The topological polar surface area (TPSA) is 84.3 Å². The van der Waals surface area contributed by atoms with Crippen molar-refractivity contribution >= 4 is 28.3 Å². The number of benzene rings is 2. The lowest BCUT2D eigenvalue weighted by molar-refractivity contribution is -0.116. The lowest BCUT2D eigenvalue weighted by Gasteiger charge is -2.19. The molecule has 3 aromatic rings. The van der Waals surface area contributed by atoms with Gasteiger partial charge in [0.1, 0.15) is 0 Å². The Hall–Kier alpha value is -3.48. The molecule has 0 aliphatic rings. The highest BCUT2D eigenvalue weighted by Crippen LogP contribution is 2.17. The van der Waals surface area contributed by atoms with Gasteiger partial charge in [0.2, 0.25) is 5.91 Å². The van der Waals surface area contributed by atoms with Crippen LogP contribution in [0.15, 0.2) is 53.3 Å². The minimum Gasteiger partial charge on any atom is -0.331 e. The minimum atomic E-state index is -0.399. The summed E-state index contributed by atoms with van der Waals surface area (Å²) in [6, 6.07) is 14.6. The third kappa shape index (κ3) is 5.22. The highest BCUT2D eigenvalue weighted by molar-refractivity contribution is 6.06. The van der Waals surface area contributed by atoms with Gasteiger partial charge in [-0.2, -0.15) is 5.10 Å². The summed E-state index contributed by atoms with van der Waals surface area (Å²) in [4.78, 5) is 40.0. The molecule has 0 saturated heterocycles. The molecule has 0 aliphatic heterocycles. The van der Waals surface area contributed by atoms with Gasteiger partial charge in [-0.1, -0.05) is 63.1 Å². The van der Waals surface area contributed by atoms with Gasteiger partial charge in [0.05, 0.1) is 11.9 Å². The van der Waals surface area contributed by atoms with Crippen LogP contribution in [0, 0.1) is 0 Å². The molecule has 1 heterocycles. The lowest BCUT2D eigenvalue weighted by atomic mass is 10.1. The molecule has 0 radical (unpaired) electrons. The van der Waals surface area contributed by atoms with Crippen molar-refractivity contribution in [2.45, 2.75) is 46.1 Å². The van der Waals surface area contributed by atoms with Crippen LogP contribution in [-0.4, -0.2) is 40.1 Å². The number of nitrogens with one attached hydrogen (secondary N) is 1.